The molecule has 0 aliphatic heterocycles. The molecule has 0 aliphatic carbocycles. The van der Waals surface area contributed by atoms with Crippen molar-refractivity contribution in [3.63, 3.8) is 0 Å². The molecular weight excluding hydrogens is 248 g/mol. The van der Waals surface area contributed by atoms with E-state index in [1.807, 2.05) is 6.07 Å². The zero-order chi connectivity index (χ0) is 12.3. The molecule has 4 nitrogen and oxygen atoms in total. The molecule has 0 radical (unpaired) electrons. The largest absolute Gasteiger partial charge is 0.481 e. The lowest BCUT2D eigenvalue weighted by Crippen LogP contribution is -2.01. The van der Waals surface area contributed by atoms with Crippen LogP contribution in [0.15, 0.2) is 5.03 Å². The van der Waals surface area contributed by atoms with E-state index in [0.29, 0.717) is 26.9 Å². The van der Waals surface area contributed by atoms with Crippen LogP contribution in [0.3, 0.4) is 0 Å². The highest BCUT2D eigenvalue weighted by atomic mass is 35.5. The van der Waals surface area contributed by atoms with Crippen LogP contribution >= 0.6 is 23.4 Å². The molecule has 0 unspecified atom stereocenters. The van der Waals surface area contributed by atoms with E-state index in [-0.39, 0.29) is 5.75 Å². The third-order valence-corrected chi connectivity index (χ3v) is 3.47. The van der Waals surface area contributed by atoms with Crippen LogP contribution in [-0.2, 0) is 4.79 Å². The monoisotopic (exact) mass is 256 g/mol. The quantitative estimate of drug-likeness (QED) is 0.841. The number of carbonyl (C=O) groups is 1. The first-order valence-electron chi connectivity index (χ1n) is 4.38. The van der Waals surface area contributed by atoms with Gasteiger partial charge in [-0.1, -0.05) is 23.4 Å². The number of carboxylic acid groups (broad SMARTS) is 1. The van der Waals surface area contributed by atoms with Crippen LogP contribution in [0.2, 0.25) is 5.02 Å². The zero-order valence-electron chi connectivity index (χ0n) is 8.74. The summed E-state index contributed by atoms with van der Waals surface area (Å²) in [6, 6.07) is 1.99. The second-order valence-electron chi connectivity index (χ2n) is 3.11. The van der Waals surface area contributed by atoms with Gasteiger partial charge in [-0.3, -0.25) is 4.79 Å². The number of thioether (sulfide) groups is 1. The van der Waals surface area contributed by atoms with Gasteiger partial charge in [-0.15, -0.1) is 0 Å². The zero-order valence-corrected chi connectivity index (χ0v) is 10.3. The minimum Gasteiger partial charge on any atom is -0.481 e. The first-order chi connectivity index (χ1) is 7.47. The fourth-order valence-corrected chi connectivity index (χ4v) is 2.11. The Kier molecular flexibility index (Phi) is 4.16. The fraction of sp³-hybridized carbons (Fsp3) is 0.300. The summed E-state index contributed by atoms with van der Waals surface area (Å²) in [4.78, 5) is 14.6. The molecule has 0 atom stereocenters. The molecule has 1 rings (SSSR count). The Hall–Kier alpha value is -1.25. The lowest BCUT2D eigenvalue weighted by atomic mass is 10.1. The maximum Gasteiger partial charge on any atom is 0.313 e. The van der Waals surface area contributed by atoms with Gasteiger partial charge in [0, 0.05) is 0 Å². The second-order valence-corrected chi connectivity index (χ2v) is 4.45. The van der Waals surface area contributed by atoms with E-state index in [0.717, 1.165) is 11.8 Å². The van der Waals surface area contributed by atoms with Gasteiger partial charge in [0.2, 0.25) is 0 Å². The summed E-state index contributed by atoms with van der Waals surface area (Å²) in [5, 5.41) is 18.4. The predicted molar refractivity (Wildman–Crippen MR) is 61.8 cm³/mol. The van der Waals surface area contributed by atoms with Crippen LogP contribution in [0.25, 0.3) is 0 Å². The Morgan fingerprint density at radius 1 is 1.62 bits per heavy atom. The Bertz CT molecular complexity index is 483. The second kappa shape index (κ2) is 5.19. The summed E-state index contributed by atoms with van der Waals surface area (Å²) in [6.45, 7) is 3.45. The molecule has 0 spiro atoms. The Balaban J connectivity index is 3.19. The summed E-state index contributed by atoms with van der Waals surface area (Å²) >= 11 is 6.98. The average molecular weight is 257 g/mol. The first-order valence-corrected chi connectivity index (χ1v) is 5.75. The van der Waals surface area contributed by atoms with Crippen molar-refractivity contribution in [1.29, 1.82) is 5.26 Å². The third-order valence-electron chi connectivity index (χ3n) is 1.95. The molecular formula is C10H9ClN2O2S. The molecule has 1 N–H and O–H groups in total. The minimum atomic E-state index is -0.944. The number of aryl methyl sites for hydroxylation is 1. The van der Waals surface area contributed by atoms with Crippen LogP contribution in [0, 0.1) is 25.2 Å². The van der Waals surface area contributed by atoms with Crippen molar-refractivity contribution in [2.24, 2.45) is 0 Å². The minimum absolute atomic E-state index is 0.123. The SMILES string of the molecule is Cc1nc(SCC(=O)O)c(C#N)c(C)c1Cl. The van der Waals surface area contributed by atoms with Crippen molar-refractivity contribution in [1.82, 2.24) is 4.98 Å². The summed E-state index contributed by atoms with van der Waals surface area (Å²) < 4.78 is 0. The van der Waals surface area contributed by atoms with Crippen molar-refractivity contribution in [3.8, 4) is 6.07 Å². The lowest BCUT2D eigenvalue weighted by molar-refractivity contribution is -0.133. The van der Waals surface area contributed by atoms with Crippen LogP contribution < -0.4 is 0 Å². The number of hydrogen-bond donors (Lipinski definition) is 1. The van der Waals surface area contributed by atoms with Gasteiger partial charge in [-0.25, -0.2) is 4.98 Å². The normalized spacial score (nSPS) is 9.88. The van der Waals surface area contributed by atoms with Gasteiger partial charge in [0.05, 0.1) is 22.0 Å². The van der Waals surface area contributed by atoms with Crippen molar-refractivity contribution in [3.05, 3.63) is 21.8 Å². The standard InChI is InChI=1S/C10H9ClN2O2S/c1-5-7(3-12)10(16-4-8(14)15)13-6(2)9(5)11/h4H2,1-2H3,(H,14,15). The number of aromatic nitrogens is 1. The van der Waals surface area contributed by atoms with E-state index in [2.05, 4.69) is 4.98 Å². The maximum atomic E-state index is 10.5. The highest BCUT2D eigenvalue weighted by Crippen LogP contribution is 2.29. The highest BCUT2D eigenvalue weighted by Gasteiger charge is 2.14. The molecule has 1 aromatic heterocycles. The van der Waals surface area contributed by atoms with Gasteiger partial charge < -0.3 is 5.11 Å². The average Bonchev–Trinajstić information content (AvgIpc) is 2.23. The van der Waals surface area contributed by atoms with E-state index in [1.54, 1.807) is 13.8 Å². The van der Waals surface area contributed by atoms with Gasteiger partial charge in [0.25, 0.3) is 0 Å². The molecule has 0 bridgehead atoms. The molecule has 0 aliphatic rings. The summed E-state index contributed by atoms with van der Waals surface area (Å²) in [5.41, 5.74) is 1.59. The maximum absolute atomic E-state index is 10.5. The number of carboxylic acids is 1. The summed E-state index contributed by atoms with van der Waals surface area (Å²) in [6.07, 6.45) is 0. The van der Waals surface area contributed by atoms with Gasteiger partial charge in [-0.05, 0) is 19.4 Å². The molecule has 6 heteroatoms. The molecule has 0 fully saturated rings. The van der Waals surface area contributed by atoms with Gasteiger partial charge in [0.15, 0.2) is 0 Å². The molecule has 0 amide bonds. The topological polar surface area (TPSA) is 74.0 Å². The number of nitrogens with zero attached hydrogens (tertiary/aromatic N) is 2. The van der Waals surface area contributed by atoms with Gasteiger partial charge >= 0.3 is 5.97 Å². The molecule has 0 saturated carbocycles. The van der Waals surface area contributed by atoms with Gasteiger partial charge in [-0.2, -0.15) is 5.26 Å². The molecule has 16 heavy (non-hydrogen) atoms. The van der Waals surface area contributed by atoms with E-state index < -0.39 is 5.97 Å². The smallest absolute Gasteiger partial charge is 0.313 e. The lowest BCUT2D eigenvalue weighted by Gasteiger charge is -2.08. The number of hydrogen-bond acceptors (Lipinski definition) is 4. The first kappa shape index (κ1) is 12.8. The predicted octanol–water partition coefficient (Wildman–Crippen LogP) is 2.40. The highest BCUT2D eigenvalue weighted by molar-refractivity contribution is 7.99. The van der Waals surface area contributed by atoms with E-state index in [1.165, 1.54) is 0 Å². The van der Waals surface area contributed by atoms with Crippen molar-refractivity contribution in [2.75, 3.05) is 5.75 Å². The van der Waals surface area contributed by atoms with E-state index in [9.17, 15) is 4.79 Å². The fourth-order valence-electron chi connectivity index (χ4n) is 1.17. The molecule has 84 valence electrons. The van der Waals surface area contributed by atoms with Crippen molar-refractivity contribution < 1.29 is 9.90 Å². The Labute approximate surface area is 102 Å². The van der Waals surface area contributed by atoms with Crippen molar-refractivity contribution >= 4 is 29.3 Å². The molecule has 0 saturated heterocycles. The van der Waals surface area contributed by atoms with Crippen LogP contribution in [0.1, 0.15) is 16.8 Å². The number of rotatable bonds is 3. The number of halogens is 1. The summed E-state index contributed by atoms with van der Waals surface area (Å²) in [5.74, 6) is -1.07. The van der Waals surface area contributed by atoms with E-state index in [4.69, 9.17) is 22.0 Å². The molecule has 0 aromatic carbocycles. The number of nitriles is 1. The summed E-state index contributed by atoms with van der Waals surface area (Å²) in [7, 11) is 0. The third kappa shape index (κ3) is 2.65. The van der Waals surface area contributed by atoms with Crippen LogP contribution in [0.4, 0.5) is 0 Å². The number of pyridine rings is 1. The van der Waals surface area contributed by atoms with Crippen LogP contribution in [0.5, 0.6) is 0 Å². The molecule has 1 aromatic rings. The van der Waals surface area contributed by atoms with E-state index >= 15 is 0 Å². The van der Waals surface area contributed by atoms with Crippen molar-refractivity contribution in [2.45, 2.75) is 18.9 Å². The van der Waals surface area contributed by atoms with Crippen LogP contribution in [-0.4, -0.2) is 21.8 Å². The Morgan fingerprint density at radius 3 is 2.75 bits per heavy atom. The Morgan fingerprint density at radius 2 is 2.25 bits per heavy atom. The molecule has 1 heterocycles. The number of aliphatic carboxylic acids is 1. The van der Waals surface area contributed by atoms with Gasteiger partial charge in [0.1, 0.15) is 11.1 Å².